The fourth-order valence-corrected chi connectivity index (χ4v) is 1.91. The third kappa shape index (κ3) is 3.69. The number of thioether (sulfide) groups is 1. The van der Waals surface area contributed by atoms with Gasteiger partial charge in [-0.05, 0) is 12.0 Å². The van der Waals surface area contributed by atoms with Crippen LogP contribution in [0.15, 0.2) is 17.2 Å². The molecule has 0 fully saturated rings. The Balaban J connectivity index is 2.84. The van der Waals surface area contributed by atoms with Crippen LogP contribution < -0.4 is 0 Å². The van der Waals surface area contributed by atoms with Crippen molar-refractivity contribution in [3.63, 3.8) is 0 Å². The van der Waals surface area contributed by atoms with Gasteiger partial charge in [-0.25, -0.2) is 4.98 Å². The molecule has 0 amide bonds. The summed E-state index contributed by atoms with van der Waals surface area (Å²) in [4.78, 5) is 13.8. The molecule has 1 heterocycles. The lowest BCUT2D eigenvalue weighted by molar-refractivity contribution is -0.385. The van der Waals surface area contributed by atoms with E-state index in [4.69, 9.17) is 10.4 Å². The second-order valence-corrected chi connectivity index (χ2v) is 4.53. The minimum atomic E-state index is -0.629. The van der Waals surface area contributed by atoms with E-state index in [0.717, 1.165) is 0 Å². The van der Waals surface area contributed by atoms with Crippen LogP contribution in [0.3, 0.4) is 0 Å². The Hall–Kier alpha value is -1.65. The summed E-state index contributed by atoms with van der Waals surface area (Å²) in [5.41, 5.74) is -0.469. The standard InChI is InChI=1S/C10H11N3O3S/c1-7(5-14)6-17-10-3-2-9(13(15)16)8(4-11)12-10/h2-3,7,14H,5-6H2,1H3. The van der Waals surface area contributed by atoms with Crippen molar-refractivity contribution in [2.24, 2.45) is 5.92 Å². The smallest absolute Gasteiger partial charge is 0.305 e. The molecule has 6 nitrogen and oxygen atoms in total. The van der Waals surface area contributed by atoms with Gasteiger partial charge < -0.3 is 5.11 Å². The van der Waals surface area contributed by atoms with Crippen LogP contribution in [-0.4, -0.2) is 27.4 Å². The largest absolute Gasteiger partial charge is 0.396 e. The summed E-state index contributed by atoms with van der Waals surface area (Å²) in [7, 11) is 0. The second kappa shape index (κ2) is 6.18. The van der Waals surface area contributed by atoms with Crippen molar-refractivity contribution in [1.29, 1.82) is 5.26 Å². The molecule has 0 saturated heterocycles. The number of hydrogen-bond donors (Lipinski definition) is 1. The summed E-state index contributed by atoms with van der Waals surface area (Å²) in [6.07, 6.45) is 0. The molecule has 1 unspecified atom stereocenters. The lowest BCUT2D eigenvalue weighted by Crippen LogP contribution is -2.04. The molecule has 0 radical (unpaired) electrons. The third-order valence-electron chi connectivity index (χ3n) is 1.98. The van der Waals surface area contributed by atoms with Crippen LogP contribution in [0.4, 0.5) is 5.69 Å². The van der Waals surface area contributed by atoms with Crippen molar-refractivity contribution >= 4 is 17.4 Å². The number of aliphatic hydroxyl groups is 1. The van der Waals surface area contributed by atoms with Gasteiger partial charge in [0.25, 0.3) is 0 Å². The molecule has 1 aromatic heterocycles. The zero-order valence-electron chi connectivity index (χ0n) is 9.16. The summed E-state index contributed by atoms with van der Waals surface area (Å²) in [5, 5.41) is 28.7. The average Bonchev–Trinajstić information content (AvgIpc) is 2.35. The molecule has 1 atom stereocenters. The van der Waals surface area contributed by atoms with Crippen molar-refractivity contribution < 1.29 is 10.0 Å². The lowest BCUT2D eigenvalue weighted by atomic mass is 10.2. The molecule has 0 aliphatic carbocycles. The Kier molecular flexibility index (Phi) is 4.87. The van der Waals surface area contributed by atoms with Crippen molar-refractivity contribution in [3.8, 4) is 6.07 Å². The van der Waals surface area contributed by atoms with E-state index in [2.05, 4.69) is 4.98 Å². The highest BCUT2D eigenvalue weighted by atomic mass is 32.2. The molecular formula is C10H11N3O3S. The first-order chi connectivity index (χ1) is 8.08. The van der Waals surface area contributed by atoms with Crippen molar-refractivity contribution in [1.82, 2.24) is 4.98 Å². The lowest BCUT2D eigenvalue weighted by Gasteiger charge is -2.06. The van der Waals surface area contributed by atoms with Gasteiger partial charge in [0.15, 0.2) is 0 Å². The Morgan fingerprint density at radius 3 is 2.94 bits per heavy atom. The summed E-state index contributed by atoms with van der Waals surface area (Å²) < 4.78 is 0. The van der Waals surface area contributed by atoms with E-state index in [-0.39, 0.29) is 23.9 Å². The van der Waals surface area contributed by atoms with Gasteiger partial charge in [0.05, 0.1) is 9.95 Å². The van der Waals surface area contributed by atoms with Crippen LogP contribution in [-0.2, 0) is 0 Å². The van der Waals surface area contributed by atoms with E-state index in [1.807, 2.05) is 6.92 Å². The molecular weight excluding hydrogens is 242 g/mol. The highest BCUT2D eigenvalue weighted by Crippen LogP contribution is 2.23. The normalized spacial score (nSPS) is 11.8. The van der Waals surface area contributed by atoms with Crippen LogP contribution in [0, 0.1) is 27.4 Å². The maximum Gasteiger partial charge on any atom is 0.305 e. The zero-order valence-corrected chi connectivity index (χ0v) is 9.98. The number of nitriles is 1. The molecule has 7 heteroatoms. The topological polar surface area (TPSA) is 100 Å². The minimum Gasteiger partial charge on any atom is -0.396 e. The highest BCUT2D eigenvalue weighted by Gasteiger charge is 2.15. The van der Waals surface area contributed by atoms with Gasteiger partial charge >= 0.3 is 5.69 Å². The predicted octanol–water partition coefficient (Wildman–Crippen LogP) is 1.58. The van der Waals surface area contributed by atoms with Crippen LogP contribution in [0.5, 0.6) is 0 Å². The number of hydrogen-bond acceptors (Lipinski definition) is 6. The van der Waals surface area contributed by atoms with Gasteiger partial charge in [-0.1, -0.05) is 6.92 Å². The molecule has 0 aliphatic heterocycles. The number of rotatable bonds is 5. The van der Waals surface area contributed by atoms with E-state index < -0.39 is 4.92 Å². The SMILES string of the molecule is CC(CO)CSc1ccc([N+](=O)[O-])c(C#N)n1. The number of aromatic nitrogens is 1. The van der Waals surface area contributed by atoms with E-state index in [1.54, 1.807) is 6.07 Å². The summed E-state index contributed by atoms with van der Waals surface area (Å²) in [6, 6.07) is 4.49. The maximum atomic E-state index is 10.6. The van der Waals surface area contributed by atoms with Gasteiger partial charge in [0, 0.05) is 18.4 Å². The van der Waals surface area contributed by atoms with Crippen molar-refractivity contribution in [3.05, 3.63) is 27.9 Å². The molecule has 90 valence electrons. The minimum absolute atomic E-state index is 0.0745. The molecule has 1 aromatic rings. The Bertz CT molecular complexity index is 459. The van der Waals surface area contributed by atoms with Gasteiger partial charge in [-0.2, -0.15) is 5.26 Å². The summed E-state index contributed by atoms with van der Waals surface area (Å²) in [6.45, 7) is 1.95. The summed E-state index contributed by atoms with van der Waals surface area (Å²) in [5.74, 6) is 0.758. The zero-order chi connectivity index (χ0) is 12.8. The van der Waals surface area contributed by atoms with E-state index in [0.29, 0.717) is 10.8 Å². The molecule has 0 spiro atoms. The molecule has 17 heavy (non-hydrogen) atoms. The number of nitro groups is 1. The van der Waals surface area contributed by atoms with Gasteiger partial charge in [-0.3, -0.25) is 10.1 Å². The first-order valence-electron chi connectivity index (χ1n) is 4.87. The quantitative estimate of drug-likeness (QED) is 0.485. The van der Waals surface area contributed by atoms with Crippen LogP contribution in [0.2, 0.25) is 0 Å². The first kappa shape index (κ1) is 13.4. The van der Waals surface area contributed by atoms with Crippen molar-refractivity contribution in [2.75, 3.05) is 12.4 Å². The molecule has 1 N–H and O–H groups in total. The van der Waals surface area contributed by atoms with E-state index in [9.17, 15) is 10.1 Å². The number of nitrogens with zero attached hydrogens (tertiary/aromatic N) is 3. The highest BCUT2D eigenvalue weighted by molar-refractivity contribution is 7.99. The maximum absolute atomic E-state index is 10.6. The van der Waals surface area contributed by atoms with Gasteiger partial charge in [-0.15, -0.1) is 11.8 Å². The van der Waals surface area contributed by atoms with Crippen LogP contribution >= 0.6 is 11.8 Å². The predicted molar refractivity (Wildman–Crippen MR) is 62.6 cm³/mol. The van der Waals surface area contributed by atoms with Gasteiger partial charge in [0.1, 0.15) is 6.07 Å². The fourth-order valence-electron chi connectivity index (χ4n) is 1.02. The fraction of sp³-hybridized carbons (Fsp3) is 0.400. The first-order valence-corrected chi connectivity index (χ1v) is 5.86. The number of aliphatic hydroxyl groups excluding tert-OH is 1. The summed E-state index contributed by atoms with van der Waals surface area (Å²) >= 11 is 1.36. The molecule has 0 bridgehead atoms. The number of pyridine rings is 1. The van der Waals surface area contributed by atoms with E-state index >= 15 is 0 Å². The van der Waals surface area contributed by atoms with Crippen LogP contribution in [0.1, 0.15) is 12.6 Å². The van der Waals surface area contributed by atoms with Crippen LogP contribution in [0.25, 0.3) is 0 Å². The monoisotopic (exact) mass is 253 g/mol. The van der Waals surface area contributed by atoms with E-state index in [1.165, 1.54) is 23.9 Å². The average molecular weight is 253 g/mol. The third-order valence-corrected chi connectivity index (χ3v) is 3.24. The molecule has 0 aromatic carbocycles. The van der Waals surface area contributed by atoms with Crippen molar-refractivity contribution in [2.45, 2.75) is 11.9 Å². The molecule has 1 rings (SSSR count). The Morgan fingerprint density at radius 1 is 1.71 bits per heavy atom. The molecule has 0 saturated carbocycles. The Morgan fingerprint density at radius 2 is 2.41 bits per heavy atom. The second-order valence-electron chi connectivity index (χ2n) is 3.48. The molecule has 0 aliphatic rings. The van der Waals surface area contributed by atoms with Gasteiger partial charge in [0.2, 0.25) is 5.69 Å². The Labute approximate surface area is 102 Å².